The van der Waals surface area contributed by atoms with Crippen LogP contribution in [-0.2, 0) is 11.3 Å². The van der Waals surface area contributed by atoms with E-state index >= 15 is 0 Å². The summed E-state index contributed by atoms with van der Waals surface area (Å²) in [6.45, 7) is 4.25. The molecule has 3 rings (SSSR count). The van der Waals surface area contributed by atoms with E-state index in [2.05, 4.69) is 9.88 Å². The van der Waals surface area contributed by atoms with Crippen LogP contribution in [0.3, 0.4) is 0 Å². The van der Waals surface area contributed by atoms with Gasteiger partial charge in [-0.2, -0.15) is 0 Å². The van der Waals surface area contributed by atoms with Crippen LogP contribution in [0.25, 0.3) is 10.9 Å². The van der Waals surface area contributed by atoms with E-state index in [-0.39, 0.29) is 5.56 Å². The molecule has 0 spiro atoms. The molecule has 22 heavy (non-hydrogen) atoms. The van der Waals surface area contributed by atoms with Gasteiger partial charge in [0, 0.05) is 26.7 Å². The molecule has 1 aliphatic heterocycles. The minimum Gasteiger partial charge on any atom is -0.383 e. The highest BCUT2D eigenvalue weighted by atomic mass is 19.1. The molecular formula is C16H20FN3O2. The highest BCUT2D eigenvalue weighted by Gasteiger charge is 2.23. The molecular weight excluding hydrogens is 285 g/mol. The number of hydrogen-bond acceptors (Lipinski definition) is 4. The second kappa shape index (κ2) is 6.54. The van der Waals surface area contributed by atoms with Gasteiger partial charge in [-0.1, -0.05) is 0 Å². The Bertz CT molecular complexity index is 716. The van der Waals surface area contributed by atoms with Crippen LogP contribution in [-0.4, -0.2) is 47.8 Å². The number of benzene rings is 1. The molecule has 1 fully saturated rings. The molecule has 6 heteroatoms. The fourth-order valence-electron chi connectivity index (χ4n) is 3.02. The van der Waals surface area contributed by atoms with Crippen molar-refractivity contribution in [3.8, 4) is 0 Å². The van der Waals surface area contributed by atoms with Crippen molar-refractivity contribution in [2.45, 2.75) is 13.0 Å². The van der Waals surface area contributed by atoms with E-state index in [1.54, 1.807) is 24.1 Å². The first kappa shape index (κ1) is 15.1. The van der Waals surface area contributed by atoms with Gasteiger partial charge in [-0.05, 0) is 37.1 Å². The number of halogens is 1. The van der Waals surface area contributed by atoms with Crippen LogP contribution in [0.1, 0.15) is 6.42 Å². The van der Waals surface area contributed by atoms with Crippen molar-refractivity contribution in [3.05, 3.63) is 40.7 Å². The highest BCUT2D eigenvalue weighted by molar-refractivity contribution is 5.77. The zero-order chi connectivity index (χ0) is 15.5. The molecule has 5 nitrogen and oxygen atoms in total. The molecule has 2 aromatic rings. The van der Waals surface area contributed by atoms with Gasteiger partial charge in [0.1, 0.15) is 5.82 Å². The average molecular weight is 305 g/mol. The first-order chi connectivity index (χ1) is 10.7. The topological polar surface area (TPSA) is 47.4 Å². The Labute approximate surface area is 128 Å². The van der Waals surface area contributed by atoms with E-state index < -0.39 is 5.82 Å². The van der Waals surface area contributed by atoms with Gasteiger partial charge >= 0.3 is 0 Å². The van der Waals surface area contributed by atoms with Crippen molar-refractivity contribution < 1.29 is 9.13 Å². The molecule has 1 aromatic carbocycles. The molecule has 0 radical (unpaired) electrons. The molecule has 1 aliphatic rings. The van der Waals surface area contributed by atoms with Crippen LogP contribution < -0.4 is 5.56 Å². The molecule has 118 valence electrons. The number of fused-ring (bicyclic) bond motifs is 1. The summed E-state index contributed by atoms with van der Waals surface area (Å²) >= 11 is 0. The van der Waals surface area contributed by atoms with Gasteiger partial charge < -0.3 is 9.64 Å². The molecule has 0 saturated carbocycles. The Balaban J connectivity index is 1.75. The predicted octanol–water partition coefficient (Wildman–Crippen LogP) is 1.50. The van der Waals surface area contributed by atoms with Gasteiger partial charge in [0.25, 0.3) is 5.56 Å². The lowest BCUT2D eigenvalue weighted by Crippen LogP contribution is -2.28. The van der Waals surface area contributed by atoms with Gasteiger partial charge in [-0.25, -0.2) is 9.37 Å². The maximum atomic E-state index is 13.3. The normalized spacial score (nSPS) is 19.1. The maximum Gasteiger partial charge on any atom is 0.261 e. The van der Waals surface area contributed by atoms with Crippen LogP contribution in [0.15, 0.2) is 29.3 Å². The monoisotopic (exact) mass is 305 g/mol. The molecule has 1 saturated heterocycles. The molecule has 1 unspecified atom stereocenters. The minimum atomic E-state index is -0.407. The van der Waals surface area contributed by atoms with E-state index in [4.69, 9.17) is 4.74 Å². The standard InChI is InChI=1S/C16H20FN3O2/c1-22-7-6-19-5-4-12(9-19)10-20-11-18-15-3-2-13(17)8-14(15)16(20)21/h2-3,8,11-12H,4-7,9-10H2,1H3. The first-order valence-electron chi connectivity index (χ1n) is 7.53. The van der Waals surface area contributed by atoms with Gasteiger partial charge in [0.15, 0.2) is 0 Å². The van der Waals surface area contributed by atoms with E-state index in [1.165, 1.54) is 12.1 Å². The predicted molar refractivity (Wildman–Crippen MR) is 82.4 cm³/mol. The summed E-state index contributed by atoms with van der Waals surface area (Å²) in [6, 6.07) is 4.13. The Kier molecular flexibility index (Phi) is 4.49. The molecule has 2 heterocycles. The van der Waals surface area contributed by atoms with Crippen LogP contribution in [0.2, 0.25) is 0 Å². The largest absolute Gasteiger partial charge is 0.383 e. The van der Waals surface area contributed by atoms with Crippen LogP contribution in [0.5, 0.6) is 0 Å². The maximum absolute atomic E-state index is 13.3. The average Bonchev–Trinajstić information content (AvgIpc) is 2.96. The fourth-order valence-corrected chi connectivity index (χ4v) is 3.02. The Hall–Kier alpha value is -1.79. The van der Waals surface area contributed by atoms with Crippen molar-refractivity contribution in [3.63, 3.8) is 0 Å². The summed E-state index contributed by atoms with van der Waals surface area (Å²) in [7, 11) is 1.70. The van der Waals surface area contributed by atoms with Gasteiger partial charge in [0.2, 0.25) is 0 Å². The van der Waals surface area contributed by atoms with E-state index in [0.717, 1.165) is 32.7 Å². The fraction of sp³-hybridized carbons (Fsp3) is 0.500. The molecule has 1 aromatic heterocycles. The van der Waals surface area contributed by atoms with Crippen LogP contribution in [0, 0.1) is 11.7 Å². The Morgan fingerprint density at radius 2 is 2.32 bits per heavy atom. The lowest BCUT2D eigenvalue weighted by Gasteiger charge is -2.16. The summed E-state index contributed by atoms with van der Waals surface area (Å²) in [5.41, 5.74) is 0.371. The summed E-state index contributed by atoms with van der Waals surface area (Å²) in [5, 5.41) is 0.344. The van der Waals surface area contributed by atoms with Gasteiger partial charge in [0.05, 0.1) is 23.8 Å². The van der Waals surface area contributed by atoms with Crippen LogP contribution in [0.4, 0.5) is 4.39 Å². The Morgan fingerprint density at radius 1 is 1.45 bits per heavy atom. The second-order valence-electron chi connectivity index (χ2n) is 5.81. The molecule has 1 atom stereocenters. The van der Waals surface area contributed by atoms with E-state index in [0.29, 0.717) is 23.4 Å². The van der Waals surface area contributed by atoms with E-state index in [9.17, 15) is 9.18 Å². The molecule has 0 aliphatic carbocycles. The van der Waals surface area contributed by atoms with Crippen LogP contribution >= 0.6 is 0 Å². The highest BCUT2D eigenvalue weighted by Crippen LogP contribution is 2.17. The number of hydrogen-bond donors (Lipinski definition) is 0. The number of aromatic nitrogens is 2. The Morgan fingerprint density at radius 3 is 3.14 bits per heavy atom. The lowest BCUT2D eigenvalue weighted by atomic mass is 10.1. The summed E-state index contributed by atoms with van der Waals surface area (Å²) in [4.78, 5) is 19.0. The van der Waals surface area contributed by atoms with E-state index in [1.807, 2.05) is 0 Å². The third-order valence-corrected chi connectivity index (χ3v) is 4.22. The van der Waals surface area contributed by atoms with Crippen molar-refractivity contribution >= 4 is 10.9 Å². The SMILES string of the molecule is COCCN1CCC(Cn2cnc3ccc(F)cc3c2=O)C1. The molecule has 0 N–H and O–H groups in total. The summed E-state index contributed by atoms with van der Waals surface area (Å²) in [6.07, 6.45) is 2.62. The quantitative estimate of drug-likeness (QED) is 0.840. The number of methoxy groups -OCH3 is 1. The third kappa shape index (κ3) is 3.18. The first-order valence-corrected chi connectivity index (χ1v) is 7.53. The summed E-state index contributed by atoms with van der Waals surface area (Å²) in [5.74, 6) is 0.0122. The molecule has 0 bridgehead atoms. The van der Waals surface area contributed by atoms with Crippen molar-refractivity contribution in [1.29, 1.82) is 0 Å². The smallest absolute Gasteiger partial charge is 0.261 e. The van der Waals surface area contributed by atoms with Crippen molar-refractivity contribution in [2.75, 3.05) is 33.4 Å². The number of ether oxygens (including phenoxy) is 1. The molecule has 0 amide bonds. The number of rotatable bonds is 5. The summed E-state index contributed by atoms with van der Waals surface area (Å²) < 4.78 is 20.0. The lowest BCUT2D eigenvalue weighted by molar-refractivity contribution is 0.158. The number of likely N-dealkylation sites (tertiary alicyclic amines) is 1. The van der Waals surface area contributed by atoms with Crippen molar-refractivity contribution in [1.82, 2.24) is 14.5 Å². The zero-order valence-electron chi connectivity index (χ0n) is 12.7. The van der Waals surface area contributed by atoms with Gasteiger partial charge in [-0.15, -0.1) is 0 Å². The van der Waals surface area contributed by atoms with Gasteiger partial charge in [-0.3, -0.25) is 9.36 Å². The zero-order valence-corrected chi connectivity index (χ0v) is 12.7. The minimum absolute atomic E-state index is 0.167. The third-order valence-electron chi connectivity index (χ3n) is 4.22. The second-order valence-corrected chi connectivity index (χ2v) is 5.81. The van der Waals surface area contributed by atoms with Crippen molar-refractivity contribution in [2.24, 2.45) is 5.92 Å². The number of nitrogens with zero attached hydrogens (tertiary/aromatic N) is 3.